The summed E-state index contributed by atoms with van der Waals surface area (Å²) < 4.78 is 11.4. The number of hydrogen-bond donors (Lipinski definition) is 4. The van der Waals surface area contributed by atoms with Crippen LogP contribution in [-0.4, -0.2) is 36.2 Å². The van der Waals surface area contributed by atoms with Crippen LogP contribution in [0.4, 0.5) is 5.69 Å². The van der Waals surface area contributed by atoms with Crippen molar-refractivity contribution in [2.45, 2.75) is 25.0 Å². The van der Waals surface area contributed by atoms with Crippen LogP contribution in [0.15, 0.2) is 49.0 Å². The van der Waals surface area contributed by atoms with E-state index >= 15 is 0 Å². The van der Waals surface area contributed by atoms with Gasteiger partial charge in [-0.2, -0.15) is 0 Å². The molecule has 5 N–H and O–H groups in total. The third-order valence-electron chi connectivity index (χ3n) is 4.75. The molecule has 0 aliphatic carbocycles. The Morgan fingerprint density at radius 1 is 1.28 bits per heavy atom. The van der Waals surface area contributed by atoms with E-state index in [9.17, 15) is 9.90 Å². The lowest BCUT2D eigenvalue weighted by molar-refractivity contribution is -0.138. The number of nitrogens with two attached hydrogens (primary N) is 1. The Balaban J connectivity index is 1.85. The lowest BCUT2D eigenvalue weighted by Crippen LogP contribution is -2.26. The Kier molecular flexibility index (Phi) is 6.51. The largest absolute Gasteiger partial charge is 0.490 e. The second-order valence-corrected chi connectivity index (χ2v) is 6.88. The molecular weight excluding hydrogens is 370 g/mol. The third kappa shape index (κ3) is 5.36. The third-order valence-corrected chi connectivity index (χ3v) is 4.75. The summed E-state index contributed by atoms with van der Waals surface area (Å²) in [4.78, 5) is 12.0. The monoisotopic (exact) mass is 395 g/mol. The maximum absolute atomic E-state index is 12.0. The maximum atomic E-state index is 12.0. The molecule has 0 amide bonds. The molecular formula is C22H25N3O4. The lowest BCUT2D eigenvalue weighted by Gasteiger charge is -2.24. The van der Waals surface area contributed by atoms with Gasteiger partial charge in [-0.05, 0) is 53.6 Å². The van der Waals surface area contributed by atoms with Gasteiger partial charge in [-0.1, -0.05) is 12.7 Å². The zero-order valence-electron chi connectivity index (χ0n) is 16.1. The summed E-state index contributed by atoms with van der Waals surface area (Å²) in [6.45, 7) is 5.12. The van der Waals surface area contributed by atoms with E-state index in [2.05, 4.69) is 11.9 Å². The molecule has 0 saturated carbocycles. The zero-order valence-corrected chi connectivity index (χ0v) is 16.1. The van der Waals surface area contributed by atoms with Crippen molar-refractivity contribution < 1.29 is 19.4 Å². The lowest BCUT2D eigenvalue weighted by atomic mass is 10.0. The van der Waals surface area contributed by atoms with Crippen LogP contribution in [-0.2, 0) is 9.53 Å². The molecule has 0 radical (unpaired) electrons. The number of carbonyl (C=O) groups is 1. The highest BCUT2D eigenvalue weighted by Crippen LogP contribution is 2.28. The summed E-state index contributed by atoms with van der Waals surface area (Å²) >= 11 is 0. The van der Waals surface area contributed by atoms with Crippen molar-refractivity contribution in [1.82, 2.24) is 0 Å². The summed E-state index contributed by atoms with van der Waals surface area (Å²) in [5, 5.41) is 20.3. The normalized spacial score (nSPS) is 15.3. The second-order valence-electron chi connectivity index (χ2n) is 6.88. The van der Waals surface area contributed by atoms with Crippen LogP contribution in [0.3, 0.4) is 0 Å². The minimum absolute atomic E-state index is 0.0417. The average molecular weight is 395 g/mol. The van der Waals surface area contributed by atoms with Crippen LogP contribution in [0.25, 0.3) is 6.08 Å². The molecule has 1 unspecified atom stereocenters. The van der Waals surface area contributed by atoms with Crippen molar-refractivity contribution in [3.05, 3.63) is 65.7 Å². The molecule has 1 aliphatic heterocycles. The second kappa shape index (κ2) is 9.25. The molecule has 0 aromatic heterocycles. The molecule has 1 heterocycles. The van der Waals surface area contributed by atoms with Crippen LogP contribution in [0.2, 0.25) is 0 Å². The molecule has 152 valence electrons. The van der Waals surface area contributed by atoms with Crippen LogP contribution < -0.4 is 15.8 Å². The van der Waals surface area contributed by atoms with Gasteiger partial charge in [-0.25, -0.2) is 4.79 Å². The summed E-state index contributed by atoms with van der Waals surface area (Å²) in [6, 6.07) is 11.1. The van der Waals surface area contributed by atoms with E-state index in [1.54, 1.807) is 42.5 Å². The Morgan fingerprint density at radius 3 is 2.55 bits per heavy atom. The highest BCUT2D eigenvalue weighted by Gasteiger charge is 2.22. The van der Waals surface area contributed by atoms with Gasteiger partial charge in [0, 0.05) is 24.1 Å². The number of amidine groups is 1. The molecule has 3 rings (SSSR count). The van der Waals surface area contributed by atoms with Gasteiger partial charge in [-0.3, -0.25) is 5.41 Å². The first-order valence-corrected chi connectivity index (χ1v) is 9.42. The number of carboxylic acids is 1. The van der Waals surface area contributed by atoms with Crippen molar-refractivity contribution in [2.75, 3.05) is 18.5 Å². The minimum Gasteiger partial charge on any atom is -0.490 e. The number of carboxylic acid groups (broad SMARTS) is 1. The number of hydrogen-bond acceptors (Lipinski definition) is 5. The Bertz CT molecular complexity index is 889. The number of nitrogen functional groups attached to an aromatic ring is 1. The van der Waals surface area contributed by atoms with Gasteiger partial charge in [0.1, 0.15) is 17.7 Å². The van der Waals surface area contributed by atoms with Gasteiger partial charge in [0.05, 0.1) is 13.2 Å². The number of ether oxygens (including phenoxy) is 2. The van der Waals surface area contributed by atoms with Gasteiger partial charge < -0.3 is 25.6 Å². The summed E-state index contributed by atoms with van der Waals surface area (Å²) in [5.74, 6) is -0.442. The predicted octanol–water partition coefficient (Wildman–Crippen LogP) is 3.41. The fourth-order valence-corrected chi connectivity index (χ4v) is 3.19. The Hall–Kier alpha value is -3.32. The molecule has 1 aliphatic rings. The standard InChI is InChI=1S/C22H25N3O4/c1-2-14-11-16(13-19(12-14)29-18-7-9-28-10-8-18)20(22(26)27)25-17-5-3-15(4-6-17)21(23)24/h2-6,11-13,18,20,25H,1,7-10H2,(H3,23,24)(H,26,27). The zero-order chi connectivity index (χ0) is 20.8. The topological polar surface area (TPSA) is 118 Å². The summed E-state index contributed by atoms with van der Waals surface area (Å²) in [5.41, 5.74) is 7.99. The molecule has 0 bridgehead atoms. The van der Waals surface area contributed by atoms with Crippen molar-refractivity contribution >= 4 is 23.6 Å². The number of rotatable bonds is 8. The van der Waals surface area contributed by atoms with E-state index in [0.717, 1.165) is 18.4 Å². The van der Waals surface area contributed by atoms with E-state index in [0.29, 0.717) is 35.8 Å². The van der Waals surface area contributed by atoms with Crippen LogP contribution in [0.1, 0.15) is 35.6 Å². The van der Waals surface area contributed by atoms with Gasteiger partial charge in [-0.15, -0.1) is 0 Å². The molecule has 7 heteroatoms. The fraction of sp³-hybridized carbons (Fsp3) is 0.273. The maximum Gasteiger partial charge on any atom is 0.330 e. The van der Waals surface area contributed by atoms with Crippen LogP contribution in [0, 0.1) is 5.41 Å². The van der Waals surface area contributed by atoms with E-state index < -0.39 is 12.0 Å². The highest BCUT2D eigenvalue weighted by molar-refractivity contribution is 5.95. The van der Waals surface area contributed by atoms with Gasteiger partial charge in [0.2, 0.25) is 0 Å². The molecule has 1 atom stereocenters. The number of nitrogens with one attached hydrogen (secondary N) is 2. The van der Waals surface area contributed by atoms with Crippen molar-refractivity contribution in [3.63, 3.8) is 0 Å². The van der Waals surface area contributed by atoms with E-state index in [4.69, 9.17) is 20.6 Å². The Labute approximate surface area is 169 Å². The van der Waals surface area contributed by atoms with Crippen molar-refractivity contribution in [1.29, 1.82) is 5.41 Å². The van der Waals surface area contributed by atoms with Gasteiger partial charge >= 0.3 is 5.97 Å². The molecule has 29 heavy (non-hydrogen) atoms. The van der Waals surface area contributed by atoms with Gasteiger partial charge in [0.15, 0.2) is 6.04 Å². The van der Waals surface area contributed by atoms with Crippen molar-refractivity contribution in [3.8, 4) is 5.75 Å². The summed E-state index contributed by atoms with van der Waals surface area (Å²) in [7, 11) is 0. The number of aliphatic carboxylic acids is 1. The molecule has 2 aromatic rings. The van der Waals surface area contributed by atoms with Crippen LogP contribution >= 0.6 is 0 Å². The first-order valence-electron chi connectivity index (χ1n) is 9.42. The molecule has 1 fully saturated rings. The fourth-order valence-electron chi connectivity index (χ4n) is 3.19. The first kappa shape index (κ1) is 20.4. The van der Waals surface area contributed by atoms with E-state index in [1.165, 1.54) is 0 Å². The van der Waals surface area contributed by atoms with Crippen molar-refractivity contribution in [2.24, 2.45) is 5.73 Å². The van der Waals surface area contributed by atoms with Crippen LogP contribution in [0.5, 0.6) is 5.75 Å². The summed E-state index contributed by atoms with van der Waals surface area (Å²) in [6.07, 6.45) is 3.32. The number of benzene rings is 2. The SMILES string of the molecule is C=Cc1cc(OC2CCOCC2)cc(C(Nc2ccc(C(=N)N)cc2)C(=O)O)c1. The molecule has 1 saturated heterocycles. The Morgan fingerprint density at radius 2 is 1.97 bits per heavy atom. The predicted molar refractivity (Wildman–Crippen MR) is 112 cm³/mol. The van der Waals surface area contributed by atoms with Gasteiger partial charge in [0.25, 0.3) is 0 Å². The van der Waals surface area contributed by atoms with E-state index in [-0.39, 0.29) is 11.9 Å². The smallest absolute Gasteiger partial charge is 0.330 e. The average Bonchev–Trinajstić information content (AvgIpc) is 2.72. The highest BCUT2D eigenvalue weighted by atomic mass is 16.5. The number of anilines is 1. The van der Waals surface area contributed by atoms with E-state index in [1.807, 2.05) is 6.07 Å². The molecule has 0 spiro atoms. The first-order chi connectivity index (χ1) is 14.0. The minimum atomic E-state index is -1.01. The molecule has 2 aromatic carbocycles. The quantitative estimate of drug-likeness (QED) is 0.402. The molecule has 7 nitrogen and oxygen atoms in total.